The average Bonchev–Trinajstić information content (AvgIpc) is 2.29. The molecule has 68 valence electrons. The van der Waals surface area contributed by atoms with Gasteiger partial charge in [-0.3, -0.25) is 4.99 Å². The number of hydrogen-bond donors (Lipinski definition) is 1. The van der Waals surface area contributed by atoms with Gasteiger partial charge >= 0.3 is 0 Å². The zero-order valence-corrected chi connectivity index (χ0v) is 7.37. The summed E-state index contributed by atoms with van der Waals surface area (Å²) in [7, 11) is 0. The number of aliphatic hydroxyl groups excluding tert-OH is 1. The summed E-state index contributed by atoms with van der Waals surface area (Å²) in [6.45, 7) is 1.96. The second-order valence-electron chi connectivity index (χ2n) is 3.57. The van der Waals surface area contributed by atoms with Gasteiger partial charge in [-0.1, -0.05) is 0 Å². The Balaban J connectivity index is 2.14. The number of amidine groups is 1. The zero-order valence-electron chi connectivity index (χ0n) is 7.37. The van der Waals surface area contributed by atoms with Gasteiger partial charge in [0.05, 0.1) is 0 Å². The van der Waals surface area contributed by atoms with E-state index in [1.807, 2.05) is 0 Å². The third kappa shape index (κ3) is 1.46. The minimum Gasteiger partial charge on any atom is -0.374 e. The summed E-state index contributed by atoms with van der Waals surface area (Å²) in [6, 6.07) is 0. The molecule has 0 spiro atoms. The maximum atomic E-state index is 9.73. The van der Waals surface area contributed by atoms with Crippen molar-refractivity contribution in [1.29, 1.82) is 0 Å². The lowest BCUT2D eigenvalue weighted by molar-refractivity contribution is 0.0446. The van der Waals surface area contributed by atoms with E-state index in [1.54, 1.807) is 0 Å². The molecular formula is C9H16N2O. The lowest BCUT2D eigenvalue weighted by Gasteiger charge is -2.31. The van der Waals surface area contributed by atoms with Gasteiger partial charge in [0, 0.05) is 19.5 Å². The van der Waals surface area contributed by atoms with Crippen LogP contribution in [0.5, 0.6) is 0 Å². The monoisotopic (exact) mass is 168 g/mol. The number of rotatable bonds is 0. The fourth-order valence-corrected chi connectivity index (χ4v) is 1.98. The van der Waals surface area contributed by atoms with Gasteiger partial charge in [0.2, 0.25) is 0 Å². The Morgan fingerprint density at radius 1 is 1.33 bits per heavy atom. The normalized spacial score (nSPS) is 30.6. The van der Waals surface area contributed by atoms with Crippen LogP contribution in [-0.4, -0.2) is 35.2 Å². The molecule has 0 aliphatic carbocycles. The van der Waals surface area contributed by atoms with Gasteiger partial charge in [-0.15, -0.1) is 0 Å². The second kappa shape index (κ2) is 3.44. The molecule has 1 saturated heterocycles. The Morgan fingerprint density at radius 2 is 2.25 bits per heavy atom. The predicted octanol–water partition coefficient (Wildman–Crippen LogP) is 0.983. The first-order chi connectivity index (χ1) is 5.88. The first-order valence-electron chi connectivity index (χ1n) is 4.86. The molecule has 2 aliphatic heterocycles. The van der Waals surface area contributed by atoms with Gasteiger partial charge in [0.15, 0.2) is 0 Å². The van der Waals surface area contributed by atoms with Crippen molar-refractivity contribution in [2.75, 3.05) is 13.1 Å². The second-order valence-corrected chi connectivity index (χ2v) is 3.57. The van der Waals surface area contributed by atoms with Crippen LogP contribution in [0, 0.1) is 0 Å². The molecule has 1 unspecified atom stereocenters. The fourth-order valence-electron chi connectivity index (χ4n) is 1.98. The van der Waals surface area contributed by atoms with Crippen molar-refractivity contribution in [3.05, 3.63) is 0 Å². The molecule has 2 aliphatic rings. The molecule has 0 aromatic rings. The summed E-state index contributed by atoms with van der Waals surface area (Å²) in [4.78, 5) is 6.52. The van der Waals surface area contributed by atoms with E-state index in [0.29, 0.717) is 0 Å². The summed E-state index contributed by atoms with van der Waals surface area (Å²) < 4.78 is 0. The smallest absolute Gasteiger partial charge is 0.127 e. The molecule has 0 aromatic heterocycles. The minimum absolute atomic E-state index is 0.258. The lowest BCUT2D eigenvalue weighted by atomic mass is 10.2. The molecule has 12 heavy (non-hydrogen) atoms. The number of aliphatic imine (C=N–C) groups is 1. The molecule has 0 amide bonds. The van der Waals surface area contributed by atoms with Crippen molar-refractivity contribution in [2.24, 2.45) is 4.99 Å². The molecule has 1 atom stereocenters. The summed E-state index contributed by atoms with van der Waals surface area (Å²) in [5, 5.41) is 9.73. The molecule has 0 aromatic carbocycles. The Labute approximate surface area is 73.1 Å². The third-order valence-corrected chi connectivity index (χ3v) is 2.66. The number of nitrogens with zero attached hydrogens (tertiary/aromatic N) is 2. The fraction of sp³-hybridized carbons (Fsp3) is 0.889. The maximum absolute atomic E-state index is 9.73. The minimum atomic E-state index is -0.258. The Bertz CT molecular complexity index is 191. The number of aliphatic hydroxyl groups is 1. The van der Waals surface area contributed by atoms with Crippen molar-refractivity contribution in [3.8, 4) is 0 Å². The van der Waals surface area contributed by atoms with E-state index >= 15 is 0 Å². The van der Waals surface area contributed by atoms with Crippen LogP contribution in [0.1, 0.15) is 32.1 Å². The van der Waals surface area contributed by atoms with Crippen LogP contribution in [-0.2, 0) is 0 Å². The first kappa shape index (κ1) is 8.05. The highest BCUT2D eigenvalue weighted by Gasteiger charge is 2.23. The van der Waals surface area contributed by atoms with E-state index in [0.717, 1.165) is 44.6 Å². The van der Waals surface area contributed by atoms with Crippen LogP contribution in [0.2, 0.25) is 0 Å². The predicted molar refractivity (Wildman–Crippen MR) is 48.1 cm³/mol. The van der Waals surface area contributed by atoms with Gasteiger partial charge in [-0.2, -0.15) is 0 Å². The van der Waals surface area contributed by atoms with Crippen molar-refractivity contribution < 1.29 is 5.11 Å². The molecule has 2 rings (SSSR count). The standard InChI is InChI=1S/C9H16N2O/c12-9-5-2-1-4-8-10-6-3-7-11(8)9/h9,12H,1-7H2. The molecule has 3 heteroatoms. The van der Waals surface area contributed by atoms with Crippen LogP contribution >= 0.6 is 0 Å². The van der Waals surface area contributed by atoms with Crippen LogP contribution in [0.15, 0.2) is 4.99 Å². The number of fused-ring (bicyclic) bond motifs is 1. The topological polar surface area (TPSA) is 35.8 Å². The number of hydrogen-bond acceptors (Lipinski definition) is 3. The summed E-state index contributed by atoms with van der Waals surface area (Å²) in [6.07, 6.45) is 5.14. The van der Waals surface area contributed by atoms with Gasteiger partial charge < -0.3 is 10.0 Å². The molecule has 0 saturated carbocycles. The van der Waals surface area contributed by atoms with Crippen LogP contribution in [0.3, 0.4) is 0 Å². The molecule has 0 radical (unpaired) electrons. The summed E-state index contributed by atoms with van der Waals surface area (Å²) in [5.41, 5.74) is 0. The van der Waals surface area contributed by atoms with Crippen molar-refractivity contribution >= 4 is 5.84 Å². The van der Waals surface area contributed by atoms with E-state index < -0.39 is 0 Å². The van der Waals surface area contributed by atoms with E-state index in [1.165, 1.54) is 6.42 Å². The highest BCUT2D eigenvalue weighted by Crippen LogP contribution is 2.19. The highest BCUT2D eigenvalue weighted by atomic mass is 16.3. The van der Waals surface area contributed by atoms with Crippen molar-refractivity contribution in [3.63, 3.8) is 0 Å². The molecule has 2 heterocycles. The zero-order chi connectivity index (χ0) is 8.39. The Kier molecular flexibility index (Phi) is 2.30. The lowest BCUT2D eigenvalue weighted by Crippen LogP contribution is -2.42. The van der Waals surface area contributed by atoms with Gasteiger partial charge in [0.1, 0.15) is 12.1 Å². The van der Waals surface area contributed by atoms with E-state index in [-0.39, 0.29) is 6.23 Å². The summed E-state index contributed by atoms with van der Waals surface area (Å²) >= 11 is 0. The first-order valence-corrected chi connectivity index (χ1v) is 4.86. The van der Waals surface area contributed by atoms with Crippen LogP contribution < -0.4 is 0 Å². The molecule has 1 fully saturated rings. The van der Waals surface area contributed by atoms with Crippen LogP contribution in [0.25, 0.3) is 0 Å². The Morgan fingerprint density at radius 3 is 3.17 bits per heavy atom. The van der Waals surface area contributed by atoms with Gasteiger partial charge in [-0.25, -0.2) is 0 Å². The van der Waals surface area contributed by atoms with E-state index in [2.05, 4.69) is 9.89 Å². The largest absolute Gasteiger partial charge is 0.374 e. The SMILES string of the molecule is OC1CCCCC2=NCCCN21. The summed E-state index contributed by atoms with van der Waals surface area (Å²) in [5.74, 6) is 1.14. The van der Waals surface area contributed by atoms with E-state index in [4.69, 9.17) is 0 Å². The van der Waals surface area contributed by atoms with Crippen molar-refractivity contribution in [2.45, 2.75) is 38.3 Å². The van der Waals surface area contributed by atoms with Crippen molar-refractivity contribution in [1.82, 2.24) is 4.90 Å². The molecule has 0 bridgehead atoms. The molecule has 3 nitrogen and oxygen atoms in total. The highest BCUT2D eigenvalue weighted by molar-refractivity contribution is 5.83. The van der Waals surface area contributed by atoms with Crippen LogP contribution in [0.4, 0.5) is 0 Å². The van der Waals surface area contributed by atoms with Gasteiger partial charge in [0.25, 0.3) is 0 Å². The van der Waals surface area contributed by atoms with Gasteiger partial charge in [-0.05, 0) is 25.7 Å². The molecular weight excluding hydrogens is 152 g/mol. The Hall–Kier alpha value is -0.570. The molecule has 1 N–H and O–H groups in total. The van der Waals surface area contributed by atoms with E-state index in [9.17, 15) is 5.11 Å². The maximum Gasteiger partial charge on any atom is 0.127 e. The quantitative estimate of drug-likeness (QED) is 0.585. The average molecular weight is 168 g/mol. The third-order valence-electron chi connectivity index (χ3n) is 2.66.